The zero-order valence-corrected chi connectivity index (χ0v) is 11.2. The minimum Gasteiger partial charge on any atom is -0.361 e. The molecule has 100 valence electrons. The van der Waals surface area contributed by atoms with Crippen molar-refractivity contribution < 1.29 is 4.52 Å². The Morgan fingerprint density at radius 2 is 2.16 bits per heavy atom. The summed E-state index contributed by atoms with van der Waals surface area (Å²) in [6.07, 6.45) is 3.66. The van der Waals surface area contributed by atoms with Gasteiger partial charge in [-0.3, -0.25) is 4.79 Å². The quantitative estimate of drug-likeness (QED) is 0.848. The van der Waals surface area contributed by atoms with E-state index < -0.39 is 0 Å². The number of hydrogen-bond acceptors (Lipinski definition) is 4. The van der Waals surface area contributed by atoms with Crippen LogP contribution in [-0.4, -0.2) is 14.9 Å². The number of rotatable bonds is 3. The highest BCUT2D eigenvalue weighted by Gasteiger charge is 2.20. The fraction of sp³-hybridized carbons (Fsp3) is 0.500. The summed E-state index contributed by atoms with van der Waals surface area (Å²) >= 11 is 0. The van der Waals surface area contributed by atoms with Gasteiger partial charge in [0.1, 0.15) is 5.76 Å². The second kappa shape index (κ2) is 4.64. The summed E-state index contributed by atoms with van der Waals surface area (Å²) in [5, 5.41) is 8.39. The molecule has 1 saturated carbocycles. The first-order chi connectivity index (χ1) is 9.15. The van der Waals surface area contributed by atoms with Crippen LogP contribution in [0.4, 0.5) is 0 Å². The zero-order chi connectivity index (χ0) is 13.4. The maximum atomic E-state index is 11.8. The number of nitrogens with zero attached hydrogens (tertiary/aromatic N) is 3. The number of aryl methyl sites for hydroxylation is 2. The van der Waals surface area contributed by atoms with Crippen molar-refractivity contribution in [1.82, 2.24) is 14.9 Å². The van der Waals surface area contributed by atoms with Crippen molar-refractivity contribution in [3.63, 3.8) is 0 Å². The third kappa shape index (κ3) is 2.20. The molecule has 19 heavy (non-hydrogen) atoms. The molecule has 0 aliphatic heterocycles. The molecular formula is C14H17N3O2. The normalized spacial score (nSPS) is 15.5. The number of hydrogen-bond donors (Lipinski definition) is 0. The van der Waals surface area contributed by atoms with Crippen LogP contribution in [0.5, 0.6) is 0 Å². The Morgan fingerprint density at radius 3 is 2.74 bits per heavy atom. The summed E-state index contributed by atoms with van der Waals surface area (Å²) < 4.78 is 6.73. The van der Waals surface area contributed by atoms with Crippen molar-refractivity contribution in [3.05, 3.63) is 33.9 Å². The standard InChI is InChI=1S/C14H17N3O2/c1-9-14(10(2)19-16-9)12-6-7-13(18)17(15-12)8-11-4-3-5-11/h6-7,11H,3-5,8H2,1-2H3. The zero-order valence-electron chi connectivity index (χ0n) is 11.2. The molecule has 5 nitrogen and oxygen atoms in total. The van der Waals surface area contributed by atoms with E-state index in [0.29, 0.717) is 5.92 Å². The summed E-state index contributed by atoms with van der Waals surface area (Å²) in [5.74, 6) is 1.34. The van der Waals surface area contributed by atoms with Gasteiger partial charge in [0.2, 0.25) is 0 Å². The van der Waals surface area contributed by atoms with E-state index in [-0.39, 0.29) is 5.56 Å². The molecule has 3 rings (SSSR count). The molecule has 0 N–H and O–H groups in total. The third-order valence-electron chi connectivity index (χ3n) is 3.81. The van der Waals surface area contributed by atoms with Gasteiger partial charge in [-0.15, -0.1) is 0 Å². The highest BCUT2D eigenvalue weighted by atomic mass is 16.5. The molecule has 1 aliphatic carbocycles. The molecule has 0 saturated heterocycles. The second-order valence-corrected chi connectivity index (χ2v) is 5.24. The molecule has 0 aromatic carbocycles. The first kappa shape index (κ1) is 12.1. The summed E-state index contributed by atoms with van der Waals surface area (Å²) in [6.45, 7) is 4.46. The average Bonchev–Trinajstić information content (AvgIpc) is 2.66. The SMILES string of the molecule is Cc1noc(C)c1-c1ccc(=O)n(CC2CCC2)n1. The molecule has 0 atom stereocenters. The molecule has 2 aromatic heterocycles. The minimum absolute atomic E-state index is 0.0394. The molecule has 1 fully saturated rings. The molecule has 0 spiro atoms. The molecule has 2 aromatic rings. The van der Waals surface area contributed by atoms with Crippen LogP contribution in [0.1, 0.15) is 30.7 Å². The smallest absolute Gasteiger partial charge is 0.266 e. The van der Waals surface area contributed by atoms with Crippen LogP contribution in [-0.2, 0) is 6.54 Å². The lowest BCUT2D eigenvalue weighted by atomic mass is 9.85. The van der Waals surface area contributed by atoms with Crippen molar-refractivity contribution in [2.24, 2.45) is 5.92 Å². The molecule has 2 heterocycles. The molecule has 0 unspecified atom stereocenters. The first-order valence-electron chi connectivity index (χ1n) is 6.66. The van der Waals surface area contributed by atoms with Gasteiger partial charge in [-0.1, -0.05) is 11.6 Å². The van der Waals surface area contributed by atoms with E-state index in [1.807, 2.05) is 13.8 Å². The van der Waals surface area contributed by atoms with Crippen LogP contribution in [0.3, 0.4) is 0 Å². The van der Waals surface area contributed by atoms with Crippen LogP contribution in [0.25, 0.3) is 11.3 Å². The van der Waals surface area contributed by atoms with Crippen molar-refractivity contribution in [1.29, 1.82) is 0 Å². The summed E-state index contributed by atoms with van der Waals surface area (Å²) in [4.78, 5) is 11.8. The molecule has 0 amide bonds. The average molecular weight is 259 g/mol. The van der Waals surface area contributed by atoms with Gasteiger partial charge in [-0.25, -0.2) is 4.68 Å². The highest BCUT2D eigenvalue weighted by Crippen LogP contribution is 2.28. The number of aromatic nitrogens is 3. The highest BCUT2D eigenvalue weighted by molar-refractivity contribution is 5.62. The maximum Gasteiger partial charge on any atom is 0.266 e. The van der Waals surface area contributed by atoms with E-state index >= 15 is 0 Å². The van der Waals surface area contributed by atoms with Crippen LogP contribution < -0.4 is 5.56 Å². The summed E-state index contributed by atoms with van der Waals surface area (Å²) in [6, 6.07) is 3.32. The Bertz CT molecular complexity index is 633. The van der Waals surface area contributed by atoms with E-state index in [1.54, 1.807) is 16.8 Å². The van der Waals surface area contributed by atoms with Gasteiger partial charge >= 0.3 is 0 Å². The van der Waals surface area contributed by atoms with E-state index in [2.05, 4.69) is 10.3 Å². The predicted octanol–water partition coefficient (Wildman–Crippen LogP) is 2.32. The molecule has 0 bridgehead atoms. The Hall–Kier alpha value is -1.91. The topological polar surface area (TPSA) is 60.9 Å². The van der Waals surface area contributed by atoms with E-state index in [4.69, 9.17) is 4.52 Å². The Labute approximate surface area is 111 Å². The fourth-order valence-electron chi connectivity index (χ4n) is 2.48. The van der Waals surface area contributed by atoms with Crippen LogP contribution in [0.2, 0.25) is 0 Å². The molecular weight excluding hydrogens is 242 g/mol. The Kier molecular flexibility index (Phi) is 2.97. The molecule has 5 heteroatoms. The summed E-state index contributed by atoms with van der Waals surface area (Å²) in [7, 11) is 0. The van der Waals surface area contributed by atoms with Crippen molar-refractivity contribution in [2.75, 3.05) is 0 Å². The molecule has 1 aliphatic rings. The van der Waals surface area contributed by atoms with Gasteiger partial charge in [0, 0.05) is 12.6 Å². The summed E-state index contributed by atoms with van der Waals surface area (Å²) in [5.41, 5.74) is 2.42. The Morgan fingerprint density at radius 1 is 1.37 bits per heavy atom. The lowest BCUT2D eigenvalue weighted by Gasteiger charge is -2.25. The largest absolute Gasteiger partial charge is 0.361 e. The van der Waals surface area contributed by atoms with Crippen LogP contribution in [0.15, 0.2) is 21.5 Å². The van der Waals surface area contributed by atoms with Gasteiger partial charge in [0.25, 0.3) is 5.56 Å². The third-order valence-corrected chi connectivity index (χ3v) is 3.81. The van der Waals surface area contributed by atoms with Crippen molar-refractivity contribution in [3.8, 4) is 11.3 Å². The van der Waals surface area contributed by atoms with Gasteiger partial charge in [0.15, 0.2) is 0 Å². The second-order valence-electron chi connectivity index (χ2n) is 5.24. The van der Waals surface area contributed by atoms with E-state index in [0.717, 1.165) is 29.3 Å². The first-order valence-corrected chi connectivity index (χ1v) is 6.66. The molecule has 0 radical (unpaired) electrons. The maximum absolute atomic E-state index is 11.8. The van der Waals surface area contributed by atoms with Crippen molar-refractivity contribution >= 4 is 0 Å². The lowest BCUT2D eigenvalue weighted by Crippen LogP contribution is -2.28. The van der Waals surface area contributed by atoms with Gasteiger partial charge < -0.3 is 4.52 Å². The fourth-order valence-corrected chi connectivity index (χ4v) is 2.48. The van der Waals surface area contributed by atoms with Gasteiger partial charge in [0.05, 0.1) is 17.0 Å². The van der Waals surface area contributed by atoms with E-state index in [1.165, 1.54) is 19.3 Å². The van der Waals surface area contributed by atoms with Gasteiger partial charge in [-0.2, -0.15) is 5.10 Å². The predicted molar refractivity (Wildman–Crippen MR) is 70.8 cm³/mol. The lowest BCUT2D eigenvalue weighted by molar-refractivity contribution is 0.262. The monoisotopic (exact) mass is 259 g/mol. The van der Waals surface area contributed by atoms with Gasteiger partial charge in [-0.05, 0) is 38.7 Å². The van der Waals surface area contributed by atoms with Crippen LogP contribution in [0, 0.1) is 19.8 Å². The van der Waals surface area contributed by atoms with Crippen molar-refractivity contribution in [2.45, 2.75) is 39.7 Å². The Balaban J connectivity index is 1.99. The van der Waals surface area contributed by atoms with Crippen LogP contribution >= 0.6 is 0 Å². The minimum atomic E-state index is -0.0394. The van der Waals surface area contributed by atoms with E-state index in [9.17, 15) is 4.79 Å².